The molecule has 18 heavy (non-hydrogen) atoms. The minimum atomic E-state index is -0.545. The number of hydrogen-bond donors (Lipinski definition) is 1. The molecule has 1 N–H and O–H groups in total. The fourth-order valence-corrected chi connectivity index (χ4v) is 1.37. The maximum absolute atomic E-state index is 11.0. The second-order valence-electron chi connectivity index (χ2n) is 3.96. The molecule has 100 valence electrons. The van der Waals surface area contributed by atoms with E-state index >= 15 is 0 Å². The van der Waals surface area contributed by atoms with E-state index in [1.165, 1.54) is 7.11 Å². The second-order valence-corrected chi connectivity index (χ2v) is 3.96. The predicted octanol–water partition coefficient (Wildman–Crippen LogP) is 0.675. The number of anilines is 1. The van der Waals surface area contributed by atoms with Crippen LogP contribution in [0, 0.1) is 17.0 Å². The SMILES string of the molecule is COc1nc(C)nc(NCCN(C)C)c1[N+](=O)[O-]. The summed E-state index contributed by atoms with van der Waals surface area (Å²) in [6.07, 6.45) is 0. The van der Waals surface area contributed by atoms with Gasteiger partial charge in [-0.1, -0.05) is 0 Å². The van der Waals surface area contributed by atoms with Gasteiger partial charge in [0.2, 0.25) is 5.82 Å². The number of ether oxygens (including phenoxy) is 1. The fraction of sp³-hybridized carbons (Fsp3) is 0.600. The fourth-order valence-electron chi connectivity index (χ4n) is 1.37. The lowest BCUT2D eigenvalue weighted by Crippen LogP contribution is -2.21. The normalized spacial score (nSPS) is 10.5. The van der Waals surface area contributed by atoms with Crippen molar-refractivity contribution in [1.29, 1.82) is 0 Å². The van der Waals surface area contributed by atoms with E-state index in [0.717, 1.165) is 6.54 Å². The van der Waals surface area contributed by atoms with Gasteiger partial charge in [-0.25, -0.2) is 4.98 Å². The van der Waals surface area contributed by atoms with E-state index < -0.39 is 4.92 Å². The van der Waals surface area contributed by atoms with E-state index in [-0.39, 0.29) is 17.4 Å². The van der Waals surface area contributed by atoms with Gasteiger partial charge in [-0.05, 0) is 21.0 Å². The van der Waals surface area contributed by atoms with Crippen LogP contribution >= 0.6 is 0 Å². The number of hydrogen-bond acceptors (Lipinski definition) is 7. The molecule has 1 rings (SSSR count). The Hall–Kier alpha value is -1.96. The molecule has 0 aromatic carbocycles. The highest BCUT2D eigenvalue weighted by molar-refractivity contribution is 5.61. The molecule has 0 amide bonds. The van der Waals surface area contributed by atoms with E-state index in [1.807, 2.05) is 19.0 Å². The van der Waals surface area contributed by atoms with Crippen LogP contribution in [0.2, 0.25) is 0 Å². The number of aromatic nitrogens is 2. The summed E-state index contributed by atoms with van der Waals surface area (Å²) in [7, 11) is 5.18. The van der Waals surface area contributed by atoms with E-state index in [2.05, 4.69) is 15.3 Å². The van der Waals surface area contributed by atoms with E-state index in [0.29, 0.717) is 12.4 Å². The van der Waals surface area contributed by atoms with E-state index in [9.17, 15) is 10.1 Å². The zero-order valence-electron chi connectivity index (χ0n) is 10.9. The van der Waals surface area contributed by atoms with Gasteiger partial charge in [0.1, 0.15) is 5.82 Å². The van der Waals surface area contributed by atoms with Crippen molar-refractivity contribution < 1.29 is 9.66 Å². The summed E-state index contributed by atoms with van der Waals surface area (Å²) in [4.78, 5) is 20.4. The van der Waals surface area contributed by atoms with Crippen LogP contribution in [0.15, 0.2) is 0 Å². The quantitative estimate of drug-likeness (QED) is 0.590. The summed E-state index contributed by atoms with van der Waals surface area (Å²) >= 11 is 0. The molecule has 0 radical (unpaired) electrons. The van der Waals surface area contributed by atoms with Crippen LogP contribution < -0.4 is 10.1 Å². The van der Waals surface area contributed by atoms with Gasteiger partial charge in [0.05, 0.1) is 12.0 Å². The number of nitrogens with one attached hydrogen (secondary N) is 1. The smallest absolute Gasteiger partial charge is 0.372 e. The molecule has 1 heterocycles. The number of methoxy groups -OCH3 is 1. The van der Waals surface area contributed by atoms with Crippen molar-refractivity contribution in [3.8, 4) is 5.88 Å². The minimum Gasteiger partial charge on any atom is -0.476 e. The van der Waals surface area contributed by atoms with Crippen molar-refractivity contribution >= 4 is 11.5 Å². The van der Waals surface area contributed by atoms with Crippen LogP contribution in [-0.2, 0) is 0 Å². The highest BCUT2D eigenvalue weighted by atomic mass is 16.6. The van der Waals surface area contributed by atoms with Crippen LogP contribution in [0.4, 0.5) is 11.5 Å². The minimum absolute atomic E-state index is 0.0279. The third-order valence-corrected chi connectivity index (χ3v) is 2.19. The Bertz CT molecular complexity index is 436. The van der Waals surface area contributed by atoms with Crippen molar-refractivity contribution in [3.63, 3.8) is 0 Å². The van der Waals surface area contributed by atoms with Crippen LogP contribution in [-0.4, -0.2) is 54.1 Å². The summed E-state index contributed by atoms with van der Waals surface area (Å²) in [6, 6.07) is 0. The number of nitro groups is 1. The molecule has 0 atom stereocenters. The summed E-state index contributed by atoms with van der Waals surface area (Å²) in [5.41, 5.74) is -0.234. The molecule has 8 heteroatoms. The Kier molecular flexibility index (Phi) is 4.78. The first-order chi connectivity index (χ1) is 8.45. The number of nitrogens with zero attached hydrogens (tertiary/aromatic N) is 4. The molecule has 0 saturated heterocycles. The molecule has 1 aromatic heterocycles. The van der Waals surface area contributed by atoms with E-state index in [1.54, 1.807) is 6.92 Å². The predicted molar refractivity (Wildman–Crippen MR) is 67.0 cm³/mol. The van der Waals surface area contributed by atoms with Crippen molar-refractivity contribution in [1.82, 2.24) is 14.9 Å². The van der Waals surface area contributed by atoms with Crippen molar-refractivity contribution in [2.75, 3.05) is 39.6 Å². The first kappa shape index (κ1) is 14.1. The molecular formula is C10H17N5O3. The third-order valence-electron chi connectivity index (χ3n) is 2.19. The Balaban J connectivity index is 3.00. The molecule has 0 aliphatic carbocycles. The molecule has 0 aliphatic heterocycles. The molecular weight excluding hydrogens is 238 g/mol. The van der Waals surface area contributed by atoms with Gasteiger partial charge in [0.25, 0.3) is 5.88 Å². The van der Waals surface area contributed by atoms with Crippen LogP contribution in [0.1, 0.15) is 5.82 Å². The van der Waals surface area contributed by atoms with Crippen molar-refractivity contribution in [2.45, 2.75) is 6.92 Å². The van der Waals surface area contributed by atoms with Crippen LogP contribution in [0.5, 0.6) is 5.88 Å². The first-order valence-electron chi connectivity index (χ1n) is 5.41. The van der Waals surface area contributed by atoms with Gasteiger partial charge in [0, 0.05) is 13.1 Å². The maximum Gasteiger partial charge on any atom is 0.372 e. The highest BCUT2D eigenvalue weighted by Gasteiger charge is 2.24. The van der Waals surface area contributed by atoms with Gasteiger partial charge in [-0.15, -0.1) is 0 Å². The molecule has 0 saturated carbocycles. The second kappa shape index (κ2) is 6.10. The topological polar surface area (TPSA) is 93.4 Å². The lowest BCUT2D eigenvalue weighted by molar-refractivity contribution is -0.385. The summed E-state index contributed by atoms with van der Waals surface area (Å²) < 4.78 is 4.91. The Morgan fingerprint density at radius 3 is 2.61 bits per heavy atom. The Labute approximate surface area is 105 Å². The molecule has 0 bridgehead atoms. The number of likely N-dealkylation sites (N-methyl/N-ethyl adjacent to an activating group) is 1. The number of aryl methyl sites for hydroxylation is 1. The van der Waals surface area contributed by atoms with Gasteiger partial charge in [0.15, 0.2) is 0 Å². The molecule has 0 unspecified atom stereocenters. The van der Waals surface area contributed by atoms with Gasteiger partial charge in [-0.3, -0.25) is 10.1 Å². The van der Waals surface area contributed by atoms with E-state index in [4.69, 9.17) is 4.74 Å². The zero-order chi connectivity index (χ0) is 13.7. The summed E-state index contributed by atoms with van der Waals surface area (Å²) in [5, 5.41) is 13.9. The van der Waals surface area contributed by atoms with Crippen LogP contribution in [0.3, 0.4) is 0 Å². The van der Waals surface area contributed by atoms with Crippen LogP contribution in [0.25, 0.3) is 0 Å². The maximum atomic E-state index is 11.0. The van der Waals surface area contributed by atoms with Crippen molar-refractivity contribution in [3.05, 3.63) is 15.9 Å². The van der Waals surface area contributed by atoms with Gasteiger partial charge >= 0.3 is 5.69 Å². The lowest BCUT2D eigenvalue weighted by Gasteiger charge is -2.12. The highest BCUT2D eigenvalue weighted by Crippen LogP contribution is 2.31. The molecule has 0 fully saturated rings. The number of rotatable bonds is 6. The zero-order valence-corrected chi connectivity index (χ0v) is 10.9. The lowest BCUT2D eigenvalue weighted by atomic mass is 10.4. The first-order valence-corrected chi connectivity index (χ1v) is 5.41. The van der Waals surface area contributed by atoms with Gasteiger partial charge < -0.3 is 15.0 Å². The molecule has 1 aromatic rings. The molecule has 8 nitrogen and oxygen atoms in total. The average Bonchev–Trinajstić information content (AvgIpc) is 2.26. The average molecular weight is 255 g/mol. The Morgan fingerprint density at radius 1 is 1.44 bits per heavy atom. The van der Waals surface area contributed by atoms with Gasteiger partial charge in [-0.2, -0.15) is 4.98 Å². The molecule has 0 aliphatic rings. The largest absolute Gasteiger partial charge is 0.476 e. The molecule has 0 spiro atoms. The summed E-state index contributed by atoms with van der Waals surface area (Å²) in [5.74, 6) is 0.579. The standard InChI is InChI=1S/C10H17N5O3/c1-7-12-9(11-5-6-14(2)3)8(15(16)17)10(13-7)18-4/h5-6H2,1-4H3,(H,11,12,13). The monoisotopic (exact) mass is 255 g/mol. The third kappa shape index (κ3) is 3.52. The summed E-state index contributed by atoms with van der Waals surface area (Å²) in [6.45, 7) is 2.94. The Morgan fingerprint density at radius 2 is 2.11 bits per heavy atom. The van der Waals surface area contributed by atoms with Crippen molar-refractivity contribution in [2.24, 2.45) is 0 Å².